The third-order valence-corrected chi connectivity index (χ3v) is 2.36. The molecule has 0 aliphatic carbocycles. The SMILES string of the molecule is O=C1C=COC(c2cc(F)cc(Cl)c2)C1. The van der Waals surface area contributed by atoms with Crippen LogP contribution in [0.4, 0.5) is 4.39 Å². The number of carbonyl (C=O) groups is 1. The Morgan fingerprint density at radius 2 is 2.20 bits per heavy atom. The molecular weight excluding hydrogens is 219 g/mol. The van der Waals surface area contributed by atoms with Crippen molar-refractivity contribution in [2.45, 2.75) is 12.5 Å². The zero-order chi connectivity index (χ0) is 10.8. The van der Waals surface area contributed by atoms with Crippen LogP contribution in [-0.4, -0.2) is 5.78 Å². The summed E-state index contributed by atoms with van der Waals surface area (Å²) in [5.41, 5.74) is 0.581. The first kappa shape index (κ1) is 10.2. The van der Waals surface area contributed by atoms with Crippen LogP contribution in [0, 0.1) is 5.82 Å². The molecule has 2 rings (SSSR count). The van der Waals surface area contributed by atoms with Gasteiger partial charge >= 0.3 is 0 Å². The zero-order valence-corrected chi connectivity index (χ0v) is 8.50. The van der Waals surface area contributed by atoms with Crippen LogP contribution in [0.3, 0.4) is 0 Å². The summed E-state index contributed by atoms with van der Waals surface area (Å²) in [5, 5.41) is 0.301. The summed E-state index contributed by atoms with van der Waals surface area (Å²) in [6, 6.07) is 4.14. The zero-order valence-electron chi connectivity index (χ0n) is 7.74. The maximum atomic E-state index is 13.0. The molecular formula is C11H8ClFO2. The molecule has 1 aromatic carbocycles. The van der Waals surface area contributed by atoms with E-state index in [2.05, 4.69) is 0 Å². The van der Waals surface area contributed by atoms with E-state index in [0.29, 0.717) is 10.6 Å². The highest BCUT2D eigenvalue weighted by atomic mass is 35.5. The number of hydrogen-bond acceptors (Lipinski definition) is 2. The molecule has 0 radical (unpaired) electrons. The van der Waals surface area contributed by atoms with Gasteiger partial charge in [-0.2, -0.15) is 0 Å². The molecule has 1 heterocycles. The van der Waals surface area contributed by atoms with Gasteiger partial charge in [0.05, 0.1) is 12.7 Å². The summed E-state index contributed by atoms with van der Waals surface area (Å²) in [6.45, 7) is 0. The van der Waals surface area contributed by atoms with E-state index in [1.54, 1.807) is 6.07 Å². The molecule has 0 aromatic heterocycles. The first-order valence-corrected chi connectivity index (χ1v) is 4.84. The van der Waals surface area contributed by atoms with Crippen molar-refractivity contribution in [1.82, 2.24) is 0 Å². The number of hydrogen-bond donors (Lipinski definition) is 0. The van der Waals surface area contributed by atoms with Crippen LogP contribution in [-0.2, 0) is 9.53 Å². The molecule has 1 atom stereocenters. The number of rotatable bonds is 1. The van der Waals surface area contributed by atoms with Crippen molar-refractivity contribution < 1.29 is 13.9 Å². The van der Waals surface area contributed by atoms with Gasteiger partial charge in [0.1, 0.15) is 11.9 Å². The second-order valence-electron chi connectivity index (χ2n) is 3.30. The molecule has 1 unspecified atom stereocenters. The molecule has 0 saturated carbocycles. The van der Waals surface area contributed by atoms with Crippen LogP contribution < -0.4 is 0 Å². The summed E-state index contributed by atoms with van der Waals surface area (Å²) in [6.07, 6.45) is 2.47. The van der Waals surface area contributed by atoms with Crippen LogP contribution >= 0.6 is 11.6 Å². The van der Waals surface area contributed by atoms with Gasteiger partial charge in [-0.1, -0.05) is 11.6 Å². The number of ketones is 1. The average Bonchev–Trinajstić information content (AvgIpc) is 2.16. The standard InChI is InChI=1S/C11H8ClFO2/c12-8-3-7(4-9(13)5-8)11-6-10(14)1-2-15-11/h1-5,11H,6H2. The molecule has 0 spiro atoms. The topological polar surface area (TPSA) is 26.3 Å². The Morgan fingerprint density at radius 1 is 1.40 bits per heavy atom. The minimum atomic E-state index is -0.435. The second-order valence-corrected chi connectivity index (χ2v) is 3.74. The van der Waals surface area contributed by atoms with E-state index in [1.165, 1.54) is 24.5 Å². The van der Waals surface area contributed by atoms with Crippen LogP contribution in [0.25, 0.3) is 0 Å². The molecule has 0 bridgehead atoms. The van der Waals surface area contributed by atoms with E-state index in [9.17, 15) is 9.18 Å². The number of ether oxygens (including phenoxy) is 1. The van der Waals surface area contributed by atoms with Gasteiger partial charge in [-0.15, -0.1) is 0 Å². The molecule has 0 saturated heterocycles. The lowest BCUT2D eigenvalue weighted by Gasteiger charge is -2.19. The van der Waals surface area contributed by atoms with Gasteiger partial charge in [-0.25, -0.2) is 4.39 Å². The molecule has 78 valence electrons. The summed E-state index contributed by atoms with van der Waals surface area (Å²) in [5.74, 6) is -0.463. The van der Waals surface area contributed by atoms with Crippen molar-refractivity contribution in [3.8, 4) is 0 Å². The highest BCUT2D eigenvalue weighted by molar-refractivity contribution is 6.30. The van der Waals surface area contributed by atoms with Gasteiger partial charge in [-0.05, 0) is 23.8 Å². The molecule has 0 N–H and O–H groups in total. The number of halogens is 2. The monoisotopic (exact) mass is 226 g/mol. The fraction of sp³-hybridized carbons (Fsp3) is 0.182. The number of allylic oxidation sites excluding steroid dienone is 1. The summed E-state index contributed by atoms with van der Waals surface area (Å²) >= 11 is 5.71. The van der Waals surface area contributed by atoms with Gasteiger partial charge in [0.2, 0.25) is 0 Å². The van der Waals surface area contributed by atoms with Crippen molar-refractivity contribution in [2.75, 3.05) is 0 Å². The average molecular weight is 227 g/mol. The molecule has 0 amide bonds. The van der Waals surface area contributed by atoms with Crippen LogP contribution in [0.1, 0.15) is 18.1 Å². The molecule has 4 heteroatoms. The van der Waals surface area contributed by atoms with Crippen LogP contribution in [0.2, 0.25) is 5.02 Å². The lowest BCUT2D eigenvalue weighted by Crippen LogP contribution is -2.11. The fourth-order valence-electron chi connectivity index (χ4n) is 1.47. The van der Waals surface area contributed by atoms with Crippen molar-refractivity contribution >= 4 is 17.4 Å². The van der Waals surface area contributed by atoms with Crippen LogP contribution in [0.5, 0.6) is 0 Å². The van der Waals surface area contributed by atoms with Gasteiger partial charge in [0.25, 0.3) is 0 Å². The Labute approximate surface area is 91.3 Å². The van der Waals surface area contributed by atoms with E-state index >= 15 is 0 Å². The van der Waals surface area contributed by atoms with Crippen molar-refractivity contribution in [3.05, 3.63) is 46.9 Å². The van der Waals surface area contributed by atoms with Crippen molar-refractivity contribution in [1.29, 1.82) is 0 Å². The van der Waals surface area contributed by atoms with Gasteiger partial charge in [0.15, 0.2) is 5.78 Å². The van der Waals surface area contributed by atoms with Gasteiger partial charge < -0.3 is 4.74 Å². The third kappa shape index (κ3) is 2.36. The molecule has 15 heavy (non-hydrogen) atoms. The Morgan fingerprint density at radius 3 is 2.87 bits per heavy atom. The highest BCUT2D eigenvalue weighted by Crippen LogP contribution is 2.27. The Hall–Kier alpha value is -1.35. The summed E-state index contributed by atoms with van der Waals surface area (Å²) < 4.78 is 18.3. The molecule has 0 fully saturated rings. The Kier molecular flexibility index (Phi) is 2.73. The van der Waals surface area contributed by atoms with Gasteiger partial charge in [-0.3, -0.25) is 4.79 Å². The van der Waals surface area contributed by atoms with E-state index < -0.39 is 11.9 Å². The van der Waals surface area contributed by atoms with E-state index in [0.717, 1.165) is 0 Å². The smallest absolute Gasteiger partial charge is 0.162 e. The maximum absolute atomic E-state index is 13.0. The van der Waals surface area contributed by atoms with Crippen molar-refractivity contribution in [3.63, 3.8) is 0 Å². The lowest BCUT2D eigenvalue weighted by molar-refractivity contribution is -0.118. The maximum Gasteiger partial charge on any atom is 0.162 e. The van der Waals surface area contributed by atoms with E-state index in [1.807, 2.05) is 0 Å². The van der Waals surface area contributed by atoms with E-state index in [-0.39, 0.29) is 12.2 Å². The summed E-state index contributed by atoms with van der Waals surface area (Å²) in [7, 11) is 0. The molecule has 1 aliphatic rings. The first-order valence-electron chi connectivity index (χ1n) is 4.46. The van der Waals surface area contributed by atoms with Crippen molar-refractivity contribution in [2.24, 2.45) is 0 Å². The molecule has 2 nitrogen and oxygen atoms in total. The predicted octanol–water partition coefficient (Wildman–Crippen LogP) is 3.02. The highest BCUT2D eigenvalue weighted by Gasteiger charge is 2.19. The minimum Gasteiger partial charge on any atom is -0.493 e. The van der Waals surface area contributed by atoms with Gasteiger partial charge in [0, 0.05) is 11.1 Å². The third-order valence-electron chi connectivity index (χ3n) is 2.14. The second kappa shape index (κ2) is 4.03. The normalized spacial score (nSPS) is 20.1. The summed E-state index contributed by atoms with van der Waals surface area (Å²) in [4.78, 5) is 11.1. The fourth-order valence-corrected chi connectivity index (χ4v) is 1.70. The lowest BCUT2D eigenvalue weighted by atomic mass is 10.0. The Bertz CT molecular complexity index is 408. The predicted molar refractivity (Wildman–Crippen MR) is 54.0 cm³/mol. The minimum absolute atomic E-state index is 0.0355. The Balaban J connectivity index is 2.29. The van der Waals surface area contributed by atoms with E-state index in [4.69, 9.17) is 16.3 Å². The largest absolute Gasteiger partial charge is 0.493 e. The number of benzene rings is 1. The number of carbonyl (C=O) groups excluding carboxylic acids is 1. The molecule has 1 aliphatic heterocycles. The quantitative estimate of drug-likeness (QED) is 0.736. The first-order chi connectivity index (χ1) is 7.15. The molecule has 1 aromatic rings. The van der Waals surface area contributed by atoms with Crippen LogP contribution in [0.15, 0.2) is 30.5 Å².